The number of hydrogen-bond acceptors (Lipinski definition) is 5. The van der Waals surface area contributed by atoms with Gasteiger partial charge in [0.15, 0.2) is 0 Å². The Bertz CT molecular complexity index is 797. The molecule has 1 aliphatic heterocycles. The number of ether oxygens (including phenoxy) is 2. The number of aromatic nitrogens is 2. The van der Waals surface area contributed by atoms with Crippen LogP contribution in [0.15, 0.2) is 42.7 Å². The Kier molecular flexibility index (Phi) is 6.07. The van der Waals surface area contributed by atoms with Gasteiger partial charge in [-0.15, -0.1) is 0 Å². The van der Waals surface area contributed by atoms with E-state index < -0.39 is 0 Å². The van der Waals surface area contributed by atoms with E-state index in [1.165, 1.54) is 13.3 Å². The van der Waals surface area contributed by atoms with Crippen LogP contribution in [0.25, 0.3) is 6.08 Å². The maximum Gasteiger partial charge on any atom is 0.246 e. The first kappa shape index (κ1) is 18.2. The largest absolute Gasteiger partial charge is 0.480 e. The number of rotatable bonds is 5. The molecule has 26 heavy (non-hydrogen) atoms. The van der Waals surface area contributed by atoms with E-state index in [2.05, 4.69) is 9.97 Å². The van der Waals surface area contributed by atoms with E-state index >= 15 is 0 Å². The molecule has 3 rings (SSSR count). The third kappa shape index (κ3) is 4.73. The van der Waals surface area contributed by atoms with Gasteiger partial charge < -0.3 is 14.4 Å². The average molecular weight is 374 g/mol. The molecule has 1 fully saturated rings. The molecule has 7 heteroatoms. The minimum atomic E-state index is -0.122. The molecule has 2 heterocycles. The summed E-state index contributed by atoms with van der Waals surface area (Å²) in [6, 6.07) is 7.41. The molecule has 1 aromatic heterocycles. The van der Waals surface area contributed by atoms with Gasteiger partial charge in [-0.1, -0.05) is 29.8 Å². The van der Waals surface area contributed by atoms with Crippen molar-refractivity contribution in [1.82, 2.24) is 14.9 Å². The van der Waals surface area contributed by atoms with Crippen LogP contribution in [0.3, 0.4) is 0 Å². The normalized spacial score (nSPS) is 17.3. The topological polar surface area (TPSA) is 64.6 Å². The van der Waals surface area contributed by atoms with E-state index in [-0.39, 0.29) is 12.0 Å². The molecule has 1 saturated heterocycles. The number of nitrogens with zero attached hydrogens (tertiary/aromatic N) is 3. The van der Waals surface area contributed by atoms with Gasteiger partial charge in [-0.3, -0.25) is 9.78 Å². The highest BCUT2D eigenvalue weighted by atomic mass is 35.5. The summed E-state index contributed by atoms with van der Waals surface area (Å²) in [6.07, 6.45) is 7.95. The summed E-state index contributed by atoms with van der Waals surface area (Å²) in [5, 5.41) is 0.619. The molecular weight excluding hydrogens is 354 g/mol. The molecule has 0 bridgehead atoms. The maximum atomic E-state index is 12.5. The standard InChI is InChI=1S/C19H20ClN3O3/c1-25-17-11-21-12-18(22-17)26-15-6-4-10-23(13-15)19(24)9-8-14-5-2-3-7-16(14)20/h2-3,5,7-9,11-12,15H,4,6,10,13H2,1H3/b9-8+. The van der Waals surface area contributed by atoms with Crippen LogP contribution in [0, 0.1) is 0 Å². The second kappa shape index (κ2) is 8.67. The lowest BCUT2D eigenvalue weighted by atomic mass is 10.1. The number of methoxy groups -OCH3 is 1. The van der Waals surface area contributed by atoms with Crippen LogP contribution in [0.5, 0.6) is 11.8 Å². The Hall–Kier alpha value is -2.60. The third-order valence-corrected chi connectivity index (χ3v) is 4.43. The van der Waals surface area contributed by atoms with Crippen molar-refractivity contribution in [3.05, 3.63) is 53.3 Å². The number of piperidine rings is 1. The monoisotopic (exact) mass is 373 g/mol. The second-order valence-corrected chi connectivity index (χ2v) is 6.33. The number of hydrogen-bond donors (Lipinski definition) is 0. The fourth-order valence-corrected chi connectivity index (χ4v) is 2.97. The van der Waals surface area contributed by atoms with Gasteiger partial charge in [0.2, 0.25) is 17.7 Å². The van der Waals surface area contributed by atoms with Gasteiger partial charge in [-0.2, -0.15) is 4.98 Å². The SMILES string of the molecule is COc1cncc(OC2CCCN(C(=O)/C=C/c3ccccc3Cl)C2)n1. The van der Waals surface area contributed by atoms with E-state index in [0.29, 0.717) is 29.9 Å². The van der Waals surface area contributed by atoms with Crippen LogP contribution in [0.2, 0.25) is 5.02 Å². The lowest BCUT2D eigenvalue weighted by Gasteiger charge is -2.31. The predicted octanol–water partition coefficient (Wildman–Crippen LogP) is 3.22. The first-order chi connectivity index (χ1) is 12.7. The van der Waals surface area contributed by atoms with E-state index in [1.807, 2.05) is 18.2 Å². The molecular formula is C19H20ClN3O3. The van der Waals surface area contributed by atoms with Crippen molar-refractivity contribution in [1.29, 1.82) is 0 Å². The number of halogens is 1. The van der Waals surface area contributed by atoms with Gasteiger partial charge in [0.05, 0.1) is 26.0 Å². The number of carbonyl (C=O) groups excluding carboxylic acids is 1. The van der Waals surface area contributed by atoms with Crippen LogP contribution in [-0.4, -0.2) is 47.1 Å². The summed E-state index contributed by atoms with van der Waals surface area (Å²) in [5.41, 5.74) is 0.819. The quantitative estimate of drug-likeness (QED) is 0.753. The fraction of sp³-hybridized carbons (Fsp3) is 0.316. The summed E-state index contributed by atoms with van der Waals surface area (Å²) >= 11 is 6.11. The van der Waals surface area contributed by atoms with Gasteiger partial charge in [0, 0.05) is 17.6 Å². The highest BCUT2D eigenvalue weighted by molar-refractivity contribution is 6.32. The van der Waals surface area contributed by atoms with Crippen molar-refractivity contribution in [2.75, 3.05) is 20.2 Å². The molecule has 1 amide bonds. The summed E-state index contributed by atoms with van der Waals surface area (Å²) in [5.74, 6) is 0.735. The highest BCUT2D eigenvalue weighted by Gasteiger charge is 2.24. The Morgan fingerprint density at radius 2 is 2.12 bits per heavy atom. The summed E-state index contributed by atoms with van der Waals surface area (Å²) in [4.78, 5) is 22.5. The zero-order valence-corrected chi connectivity index (χ0v) is 15.2. The molecule has 1 atom stereocenters. The van der Waals surface area contributed by atoms with Crippen LogP contribution < -0.4 is 9.47 Å². The third-order valence-electron chi connectivity index (χ3n) is 4.09. The zero-order valence-electron chi connectivity index (χ0n) is 14.5. The number of amides is 1. The van der Waals surface area contributed by atoms with E-state index in [4.69, 9.17) is 21.1 Å². The minimum absolute atomic E-state index is 0.0602. The average Bonchev–Trinajstić information content (AvgIpc) is 2.67. The summed E-state index contributed by atoms with van der Waals surface area (Å²) in [7, 11) is 1.53. The molecule has 0 saturated carbocycles. The van der Waals surface area contributed by atoms with Crippen molar-refractivity contribution < 1.29 is 14.3 Å². The molecule has 2 aromatic rings. The van der Waals surface area contributed by atoms with Crippen molar-refractivity contribution in [3.8, 4) is 11.8 Å². The van der Waals surface area contributed by atoms with Gasteiger partial charge >= 0.3 is 0 Å². The van der Waals surface area contributed by atoms with Crippen LogP contribution in [-0.2, 0) is 4.79 Å². The lowest BCUT2D eigenvalue weighted by molar-refractivity contribution is -0.128. The van der Waals surface area contributed by atoms with Gasteiger partial charge in [-0.25, -0.2) is 0 Å². The summed E-state index contributed by atoms with van der Waals surface area (Å²) in [6.45, 7) is 1.21. The van der Waals surface area contributed by atoms with Gasteiger partial charge in [0.1, 0.15) is 6.10 Å². The Morgan fingerprint density at radius 1 is 1.31 bits per heavy atom. The molecule has 0 radical (unpaired) electrons. The van der Waals surface area contributed by atoms with Gasteiger partial charge in [0.25, 0.3) is 0 Å². The highest BCUT2D eigenvalue weighted by Crippen LogP contribution is 2.19. The second-order valence-electron chi connectivity index (χ2n) is 5.92. The molecule has 6 nitrogen and oxygen atoms in total. The predicted molar refractivity (Wildman–Crippen MR) is 99.3 cm³/mol. The zero-order chi connectivity index (χ0) is 18.4. The van der Waals surface area contributed by atoms with Crippen molar-refractivity contribution in [2.24, 2.45) is 0 Å². The molecule has 1 unspecified atom stereocenters. The molecule has 0 N–H and O–H groups in total. The van der Waals surface area contributed by atoms with Crippen LogP contribution in [0.4, 0.5) is 0 Å². The smallest absolute Gasteiger partial charge is 0.246 e. The minimum Gasteiger partial charge on any atom is -0.480 e. The van der Waals surface area contributed by atoms with Crippen molar-refractivity contribution in [3.63, 3.8) is 0 Å². The van der Waals surface area contributed by atoms with Crippen LogP contribution in [0.1, 0.15) is 18.4 Å². The summed E-state index contributed by atoms with van der Waals surface area (Å²) < 4.78 is 10.9. The Labute approximate surface area is 157 Å². The molecule has 1 aromatic carbocycles. The van der Waals surface area contributed by atoms with Crippen LogP contribution >= 0.6 is 11.6 Å². The van der Waals surface area contributed by atoms with E-state index in [1.54, 1.807) is 29.3 Å². The van der Waals surface area contributed by atoms with E-state index in [9.17, 15) is 4.79 Å². The molecule has 0 aliphatic carbocycles. The van der Waals surface area contributed by atoms with Gasteiger partial charge in [-0.05, 0) is 30.5 Å². The lowest BCUT2D eigenvalue weighted by Crippen LogP contribution is -2.43. The molecule has 1 aliphatic rings. The molecule has 136 valence electrons. The Morgan fingerprint density at radius 3 is 2.92 bits per heavy atom. The fourth-order valence-electron chi connectivity index (χ4n) is 2.77. The Balaban J connectivity index is 1.60. The van der Waals surface area contributed by atoms with Crippen molar-refractivity contribution >= 4 is 23.6 Å². The first-order valence-corrected chi connectivity index (χ1v) is 8.77. The molecule has 0 spiro atoms. The van der Waals surface area contributed by atoms with Crippen molar-refractivity contribution in [2.45, 2.75) is 18.9 Å². The number of likely N-dealkylation sites (tertiary alicyclic amines) is 1. The maximum absolute atomic E-state index is 12.5. The number of benzene rings is 1. The first-order valence-electron chi connectivity index (χ1n) is 8.40. The van der Waals surface area contributed by atoms with E-state index in [0.717, 1.165) is 18.4 Å². The number of carbonyl (C=O) groups is 1.